The second-order valence-corrected chi connectivity index (χ2v) is 6.04. The van der Waals surface area contributed by atoms with Crippen molar-refractivity contribution in [1.82, 2.24) is 10.2 Å². The molecule has 3 unspecified atom stereocenters. The van der Waals surface area contributed by atoms with Crippen molar-refractivity contribution in [3.8, 4) is 5.75 Å². The number of nitrogens with zero attached hydrogens (tertiary/aromatic N) is 1. The summed E-state index contributed by atoms with van der Waals surface area (Å²) in [5, 5.41) is 3.44. The molecule has 0 aliphatic carbocycles. The molecular weight excluding hydrogens is 288 g/mol. The molecule has 0 spiro atoms. The zero-order valence-corrected chi connectivity index (χ0v) is 12.8. The highest BCUT2D eigenvalue weighted by Gasteiger charge is 2.42. The van der Waals surface area contributed by atoms with Crippen LogP contribution in [0.15, 0.2) is 24.3 Å². The summed E-state index contributed by atoms with van der Waals surface area (Å²) in [6.07, 6.45) is 3.76. The van der Waals surface area contributed by atoms with Gasteiger partial charge in [0, 0.05) is 25.0 Å². The van der Waals surface area contributed by atoms with E-state index in [1.54, 1.807) is 0 Å². The van der Waals surface area contributed by atoms with Crippen LogP contribution in [0.5, 0.6) is 5.75 Å². The highest BCUT2D eigenvalue weighted by Crippen LogP contribution is 2.33. The van der Waals surface area contributed by atoms with Gasteiger partial charge in [-0.3, -0.25) is 4.79 Å². The molecular formula is C16H21ClN2O2. The van der Waals surface area contributed by atoms with Gasteiger partial charge in [0.05, 0.1) is 0 Å². The second kappa shape index (κ2) is 5.85. The minimum Gasteiger partial charge on any atom is -0.480 e. The van der Waals surface area contributed by atoms with Gasteiger partial charge in [-0.05, 0) is 37.4 Å². The van der Waals surface area contributed by atoms with Crippen molar-refractivity contribution in [2.24, 2.45) is 0 Å². The summed E-state index contributed by atoms with van der Waals surface area (Å²) in [6.45, 7) is 1.96. The molecule has 0 radical (unpaired) electrons. The van der Waals surface area contributed by atoms with Crippen molar-refractivity contribution in [2.75, 3.05) is 13.1 Å². The van der Waals surface area contributed by atoms with Gasteiger partial charge in [-0.25, -0.2) is 0 Å². The van der Waals surface area contributed by atoms with Crippen molar-refractivity contribution < 1.29 is 9.53 Å². The molecule has 1 aromatic rings. The molecule has 4 rings (SSSR count). The van der Waals surface area contributed by atoms with Crippen molar-refractivity contribution in [3.63, 3.8) is 0 Å². The highest BCUT2D eigenvalue weighted by atomic mass is 35.5. The normalized spacial score (nSPS) is 30.1. The van der Waals surface area contributed by atoms with E-state index in [2.05, 4.69) is 16.3 Å². The molecule has 114 valence electrons. The Balaban J connectivity index is 0.00000132. The number of benzene rings is 1. The first-order chi connectivity index (χ1) is 9.83. The Kier molecular flexibility index (Phi) is 4.09. The molecule has 5 heteroatoms. The van der Waals surface area contributed by atoms with Gasteiger partial charge in [0.2, 0.25) is 0 Å². The lowest BCUT2D eigenvalue weighted by atomic mass is 10.1. The van der Waals surface area contributed by atoms with Gasteiger partial charge in [-0.15, -0.1) is 12.4 Å². The Morgan fingerprint density at radius 1 is 1.19 bits per heavy atom. The Labute approximate surface area is 131 Å². The summed E-state index contributed by atoms with van der Waals surface area (Å²) in [5.41, 5.74) is 1.16. The SMILES string of the molecule is Cl.O=C(C1Cc2ccccc2O1)N1C2CCNCC1CC2. The fourth-order valence-electron chi connectivity index (χ4n) is 3.83. The molecule has 3 aliphatic heterocycles. The largest absolute Gasteiger partial charge is 0.480 e. The van der Waals surface area contributed by atoms with Gasteiger partial charge in [0.25, 0.3) is 5.91 Å². The van der Waals surface area contributed by atoms with E-state index in [-0.39, 0.29) is 24.4 Å². The number of hydrogen-bond acceptors (Lipinski definition) is 3. The maximum Gasteiger partial charge on any atom is 0.264 e. The average molecular weight is 309 g/mol. The van der Waals surface area contributed by atoms with Crippen LogP contribution >= 0.6 is 12.4 Å². The number of carbonyl (C=O) groups excluding carboxylic acids is 1. The smallest absolute Gasteiger partial charge is 0.264 e. The summed E-state index contributed by atoms with van der Waals surface area (Å²) in [7, 11) is 0. The first-order valence-electron chi connectivity index (χ1n) is 7.60. The third-order valence-corrected chi connectivity index (χ3v) is 4.83. The summed E-state index contributed by atoms with van der Waals surface area (Å²) < 4.78 is 5.88. The Morgan fingerprint density at radius 2 is 2.00 bits per heavy atom. The number of rotatable bonds is 1. The van der Waals surface area contributed by atoms with Crippen LogP contribution in [-0.4, -0.2) is 42.1 Å². The van der Waals surface area contributed by atoms with Crippen LogP contribution in [0.4, 0.5) is 0 Å². The average Bonchev–Trinajstić information content (AvgIpc) is 2.98. The number of halogens is 1. The van der Waals surface area contributed by atoms with Crippen molar-refractivity contribution in [2.45, 2.75) is 43.9 Å². The molecule has 21 heavy (non-hydrogen) atoms. The van der Waals surface area contributed by atoms with Gasteiger partial charge < -0.3 is 15.0 Å². The van der Waals surface area contributed by atoms with Crippen LogP contribution in [0.3, 0.4) is 0 Å². The number of hydrogen-bond donors (Lipinski definition) is 1. The summed E-state index contributed by atoms with van der Waals surface area (Å²) in [5.74, 6) is 1.07. The van der Waals surface area contributed by atoms with E-state index in [4.69, 9.17) is 4.74 Å². The molecule has 1 aromatic carbocycles. The highest BCUT2D eigenvalue weighted by molar-refractivity contribution is 5.85. The Hall–Kier alpha value is -1.26. The van der Waals surface area contributed by atoms with Crippen LogP contribution in [0.2, 0.25) is 0 Å². The van der Waals surface area contributed by atoms with E-state index in [0.29, 0.717) is 12.1 Å². The van der Waals surface area contributed by atoms with E-state index >= 15 is 0 Å². The van der Waals surface area contributed by atoms with Gasteiger partial charge in [-0.1, -0.05) is 18.2 Å². The number of amides is 1. The number of fused-ring (bicyclic) bond motifs is 3. The zero-order valence-electron chi connectivity index (χ0n) is 12.0. The van der Waals surface area contributed by atoms with Gasteiger partial charge in [0.15, 0.2) is 6.10 Å². The summed E-state index contributed by atoms with van der Waals surface area (Å²) >= 11 is 0. The lowest BCUT2D eigenvalue weighted by Crippen LogP contribution is -2.48. The molecule has 3 aliphatic rings. The first kappa shape index (κ1) is 14.7. The second-order valence-electron chi connectivity index (χ2n) is 6.04. The predicted molar refractivity (Wildman–Crippen MR) is 83.0 cm³/mol. The van der Waals surface area contributed by atoms with Gasteiger partial charge in [-0.2, -0.15) is 0 Å². The Bertz CT molecular complexity index is 498. The third kappa shape index (κ3) is 2.51. The van der Waals surface area contributed by atoms with E-state index in [0.717, 1.165) is 50.1 Å². The van der Waals surface area contributed by atoms with E-state index < -0.39 is 0 Å². The van der Waals surface area contributed by atoms with E-state index in [9.17, 15) is 4.79 Å². The van der Waals surface area contributed by atoms with Crippen molar-refractivity contribution >= 4 is 18.3 Å². The molecule has 4 nitrogen and oxygen atoms in total. The Morgan fingerprint density at radius 3 is 2.86 bits per heavy atom. The first-order valence-corrected chi connectivity index (χ1v) is 7.60. The third-order valence-electron chi connectivity index (χ3n) is 4.83. The molecule has 3 heterocycles. The van der Waals surface area contributed by atoms with Gasteiger partial charge in [0.1, 0.15) is 5.75 Å². The summed E-state index contributed by atoms with van der Waals surface area (Å²) in [4.78, 5) is 15.0. The topological polar surface area (TPSA) is 41.6 Å². The number of para-hydroxylation sites is 1. The molecule has 2 bridgehead atoms. The quantitative estimate of drug-likeness (QED) is 0.859. The number of nitrogens with one attached hydrogen (secondary N) is 1. The van der Waals surface area contributed by atoms with Crippen LogP contribution in [-0.2, 0) is 11.2 Å². The molecule has 0 saturated carbocycles. The lowest BCUT2D eigenvalue weighted by molar-refractivity contribution is -0.140. The van der Waals surface area contributed by atoms with Crippen LogP contribution in [0.1, 0.15) is 24.8 Å². The standard InChI is InChI=1S/C16H20N2O2.ClH/c19-16(15-9-11-3-1-2-4-14(11)20-15)18-12-5-6-13(18)10-17-8-7-12;/h1-4,12-13,15,17H,5-10H2;1H. The van der Waals surface area contributed by atoms with E-state index in [1.807, 2.05) is 18.2 Å². The predicted octanol–water partition coefficient (Wildman–Crippen LogP) is 1.76. The van der Waals surface area contributed by atoms with Gasteiger partial charge >= 0.3 is 0 Å². The zero-order chi connectivity index (χ0) is 13.5. The number of carbonyl (C=O) groups is 1. The summed E-state index contributed by atoms with van der Waals surface area (Å²) in [6, 6.07) is 8.76. The molecule has 3 atom stereocenters. The van der Waals surface area contributed by atoms with Crippen molar-refractivity contribution in [3.05, 3.63) is 29.8 Å². The minimum atomic E-state index is -0.311. The van der Waals surface area contributed by atoms with E-state index in [1.165, 1.54) is 0 Å². The molecule has 0 aromatic heterocycles. The van der Waals surface area contributed by atoms with Crippen LogP contribution < -0.4 is 10.1 Å². The monoisotopic (exact) mass is 308 g/mol. The fourth-order valence-corrected chi connectivity index (χ4v) is 3.83. The molecule has 2 saturated heterocycles. The maximum absolute atomic E-state index is 12.9. The minimum absolute atomic E-state index is 0. The van der Waals surface area contributed by atoms with Crippen LogP contribution in [0.25, 0.3) is 0 Å². The van der Waals surface area contributed by atoms with Crippen molar-refractivity contribution in [1.29, 1.82) is 0 Å². The maximum atomic E-state index is 12.9. The lowest BCUT2D eigenvalue weighted by Gasteiger charge is -2.30. The fraction of sp³-hybridized carbons (Fsp3) is 0.562. The molecule has 1 amide bonds. The number of ether oxygens (including phenoxy) is 1. The molecule has 1 N–H and O–H groups in total. The molecule has 2 fully saturated rings. The van der Waals surface area contributed by atoms with Crippen LogP contribution in [0, 0.1) is 0 Å².